The second-order valence-corrected chi connectivity index (χ2v) is 4.24. The van der Waals surface area contributed by atoms with Gasteiger partial charge in [-0.2, -0.15) is 0 Å². The number of carbonyl (C=O) groups is 2. The van der Waals surface area contributed by atoms with Crippen LogP contribution in [-0.2, 0) is 23.8 Å². The summed E-state index contributed by atoms with van der Waals surface area (Å²) in [6.07, 6.45) is 0.345. The van der Waals surface area contributed by atoms with Crippen molar-refractivity contribution in [3.63, 3.8) is 0 Å². The fourth-order valence-electron chi connectivity index (χ4n) is 2.40. The van der Waals surface area contributed by atoms with E-state index in [0.717, 1.165) is 6.42 Å². The molecule has 0 aromatic carbocycles. The SMILES string of the molecule is CCC(C1OCCO1)C1C(=O)OC(=O)C1C. The summed E-state index contributed by atoms with van der Waals surface area (Å²) in [6, 6.07) is 0. The van der Waals surface area contributed by atoms with Gasteiger partial charge in [-0.15, -0.1) is 0 Å². The molecule has 2 rings (SSSR count). The third kappa shape index (κ3) is 1.85. The van der Waals surface area contributed by atoms with Gasteiger partial charge in [0.1, 0.15) is 0 Å². The van der Waals surface area contributed by atoms with Crippen molar-refractivity contribution >= 4 is 11.9 Å². The summed E-state index contributed by atoms with van der Waals surface area (Å²) >= 11 is 0. The summed E-state index contributed by atoms with van der Waals surface area (Å²) in [4.78, 5) is 22.9. The van der Waals surface area contributed by atoms with E-state index in [4.69, 9.17) is 9.47 Å². The third-order valence-electron chi connectivity index (χ3n) is 3.31. The maximum absolute atomic E-state index is 11.6. The first-order valence-electron chi connectivity index (χ1n) is 5.64. The molecule has 2 aliphatic heterocycles. The Morgan fingerprint density at radius 1 is 1.25 bits per heavy atom. The number of hydrogen-bond donors (Lipinski definition) is 0. The van der Waals surface area contributed by atoms with Crippen LogP contribution in [-0.4, -0.2) is 31.4 Å². The van der Waals surface area contributed by atoms with Crippen molar-refractivity contribution in [2.45, 2.75) is 26.6 Å². The third-order valence-corrected chi connectivity index (χ3v) is 3.31. The smallest absolute Gasteiger partial charge is 0.317 e. The van der Waals surface area contributed by atoms with Crippen LogP contribution >= 0.6 is 0 Å². The molecule has 5 nitrogen and oxygen atoms in total. The minimum Gasteiger partial charge on any atom is -0.393 e. The highest BCUT2D eigenvalue weighted by molar-refractivity contribution is 5.96. The highest BCUT2D eigenvalue weighted by Gasteiger charge is 2.48. The van der Waals surface area contributed by atoms with Crippen LogP contribution in [0.25, 0.3) is 0 Å². The van der Waals surface area contributed by atoms with Crippen molar-refractivity contribution in [1.82, 2.24) is 0 Å². The molecule has 0 amide bonds. The van der Waals surface area contributed by atoms with Crippen molar-refractivity contribution < 1.29 is 23.8 Å². The van der Waals surface area contributed by atoms with Crippen LogP contribution in [0.2, 0.25) is 0 Å². The Balaban J connectivity index is 2.13. The monoisotopic (exact) mass is 228 g/mol. The van der Waals surface area contributed by atoms with E-state index in [-0.39, 0.29) is 12.2 Å². The molecule has 0 saturated carbocycles. The molecule has 2 heterocycles. The van der Waals surface area contributed by atoms with E-state index in [2.05, 4.69) is 4.74 Å². The molecule has 2 saturated heterocycles. The van der Waals surface area contributed by atoms with Crippen molar-refractivity contribution in [2.24, 2.45) is 17.8 Å². The molecule has 0 bridgehead atoms. The normalized spacial score (nSPS) is 33.1. The highest BCUT2D eigenvalue weighted by Crippen LogP contribution is 2.36. The van der Waals surface area contributed by atoms with E-state index in [0.29, 0.717) is 13.2 Å². The number of carbonyl (C=O) groups excluding carboxylic acids is 2. The molecule has 0 radical (unpaired) electrons. The van der Waals surface area contributed by atoms with Crippen molar-refractivity contribution in [3.8, 4) is 0 Å². The zero-order chi connectivity index (χ0) is 11.7. The van der Waals surface area contributed by atoms with E-state index in [9.17, 15) is 9.59 Å². The van der Waals surface area contributed by atoms with Gasteiger partial charge in [-0.05, 0) is 6.42 Å². The van der Waals surface area contributed by atoms with Crippen LogP contribution in [0.5, 0.6) is 0 Å². The Morgan fingerprint density at radius 3 is 2.31 bits per heavy atom. The van der Waals surface area contributed by atoms with Crippen molar-refractivity contribution in [2.75, 3.05) is 13.2 Å². The first-order chi connectivity index (χ1) is 7.65. The Hall–Kier alpha value is -0.940. The zero-order valence-electron chi connectivity index (χ0n) is 9.47. The second kappa shape index (κ2) is 4.51. The molecular weight excluding hydrogens is 212 g/mol. The summed E-state index contributed by atoms with van der Waals surface area (Å²) in [5.74, 6) is -1.81. The fraction of sp³-hybridized carbons (Fsp3) is 0.818. The average Bonchev–Trinajstić information content (AvgIpc) is 2.84. The Bertz CT molecular complexity index is 295. The van der Waals surface area contributed by atoms with Crippen molar-refractivity contribution in [1.29, 1.82) is 0 Å². The maximum atomic E-state index is 11.6. The van der Waals surface area contributed by atoms with Crippen LogP contribution in [0.3, 0.4) is 0 Å². The lowest BCUT2D eigenvalue weighted by Gasteiger charge is -2.25. The summed E-state index contributed by atoms with van der Waals surface area (Å²) in [7, 11) is 0. The van der Waals surface area contributed by atoms with Crippen LogP contribution in [0.4, 0.5) is 0 Å². The molecule has 2 aliphatic rings. The van der Waals surface area contributed by atoms with Gasteiger partial charge in [-0.25, -0.2) is 0 Å². The minimum absolute atomic E-state index is 0.101. The molecule has 0 spiro atoms. The molecule has 16 heavy (non-hydrogen) atoms. The predicted octanol–water partition coefficient (Wildman–Crippen LogP) is 0.721. The predicted molar refractivity (Wildman–Crippen MR) is 53.2 cm³/mol. The van der Waals surface area contributed by atoms with Gasteiger partial charge in [-0.3, -0.25) is 9.59 Å². The molecule has 90 valence electrons. The molecule has 0 aromatic heterocycles. The minimum atomic E-state index is -0.441. The maximum Gasteiger partial charge on any atom is 0.317 e. The lowest BCUT2D eigenvalue weighted by molar-refractivity contribution is -0.156. The molecule has 3 atom stereocenters. The van der Waals surface area contributed by atoms with E-state index in [1.807, 2.05) is 6.92 Å². The Morgan fingerprint density at radius 2 is 1.88 bits per heavy atom. The first-order valence-corrected chi connectivity index (χ1v) is 5.64. The lowest BCUT2D eigenvalue weighted by Crippen LogP contribution is -2.34. The van der Waals surface area contributed by atoms with Crippen LogP contribution in [0.1, 0.15) is 20.3 Å². The fourth-order valence-corrected chi connectivity index (χ4v) is 2.40. The standard InChI is InChI=1S/C11H16O5/c1-3-7(11-14-4-5-15-11)8-6(2)9(12)16-10(8)13/h6-8,11H,3-5H2,1-2H3. The molecule has 0 aliphatic carbocycles. The van der Waals surface area contributed by atoms with Crippen LogP contribution in [0, 0.1) is 17.8 Å². The number of hydrogen-bond acceptors (Lipinski definition) is 5. The molecule has 3 unspecified atom stereocenters. The molecule has 0 N–H and O–H groups in total. The van der Waals surface area contributed by atoms with Gasteiger partial charge in [-0.1, -0.05) is 13.8 Å². The Kier molecular flexibility index (Phi) is 3.25. The first kappa shape index (κ1) is 11.5. The molecular formula is C11H16O5. The van der Waals surface area contributed by atoms with Gasteiger partial charge < -0.3 is 14.2 Å². The van der Waals surface area contributed by atoms with Gasteiger partial charge in [0.05, 0.1) is 25.0 Å². The molecule has 5 heteroatoms. The van der Waals surface area contributed by atoms with Gasteiger partial charge in [0.25, 0.3) is 0 Å². The summed E-state index contributed by atoms with van der Waals surface area (Å²) in [5, 5.41) is 0. The van der Waals surface area contributed by atoms with E-state index in [1.165, 1.54) is 0 Å². The number of cyclic esters (lactones) is 2. The number of esters is 2. The molecule has 0 aromatic rings. The average molecular weight is 228 g/mol. The number of ether oxygens (including phenoxy) is 3. The van der Waals surface area contributed by atoms with Gasteiger partial charge in [0.15, 0.2) is 6.29 Å². The largest absolute Gasteiger partial charge is 0.393 e. The highest BCUT2D eigenvalue weighted by atomic mass is 16.7. The van der Waals surface area contributed by atoms with Gasteiger partial charge in [0.2, 0.25) is 0 Å². The zero-order valence-corrected chi connectivity index (χ0v) is 9.47. The van der Waals surface area contributed by atoms with E-state index >= 15 is 0 Å². The summed E-state index contributed by atoms with van der Waals surface area (Å²) in [6.45, 7) is 4.77. The van der Waals surface area contributed by atoms with Crippen LogP contribution in [0.15, 0.2) is 0 Å². The lowest BCUT2D eigenvalue weighted by atomic mass is 9.82. The molecule has 2 fully saturated rings. The second-order valence-electron chi connectivity index (χ2n) is 4.24. The summed E-state index contributed by atoms with van der Waals surface area (Å²) in [5.41, 5.74) is 0. The van der Waals surface area contributed by atoms with E-state index < -0.39 is 23.8 Å². The van der Waals surface area contributed by atoms with Crippen LogP contribution < -0.4 is 0 Å². The van der Waals surface area contributed by atoms with Crippen molar-refractivity contribution in [3.05, 3.63) is 0 Å². The Labute approximate surface area is 94.0 Å². The van der Waals surface area contributed by atoms with Gasteiger partial charge >= 0.3 is 11.9 Å². The quantitative estimate of drug-likeness (QED) is 0.526. The van der Waals surface area contributed by atoms with Gasteiger partial charge in [0, 0.05) is 5.92 Å². The summed E-state index contributed by atoms with van der Waals surface area (Å²) < 4.78 is 15.5. The van der Waals surface area contributed by atoms with E-state index in [1.54, 1.807) is 6.92 Å². The topological polar surface area (TPSA) is 61.8 Å². The number of rotatable bonds is 3.